The second kappa shape index (κ2) is 8.88. The van der Waals surface area contributed by atoms with E-state index in [1.54, 1.807) is 0 Å². The lowest BCUT2D eigenvalue weighted by atomic mass is 10.2. The molecule has 8 heteroatoms. The Morgan fingerprint density at radius 1 is 1.19 bits per heavy atom. The van der Waals surface area contributed by atoms with E-state index in [0.717, 1.165) is 22.6 Å². The van der Waals surface area contributed by atoms with Crippen LogP contribution in [0.4, 0.5) is 13.2 Å². The van der Waals surface area contributed by atoms with Crippen LogP contribution in [0, 0.1) is 13.8 Å². The molecule has 0 fully saturated rings. The highest BCUT2D eigenvalue weighted by Gasteiger charge is 2.28. The van der Waals surface area contributed by atoms with Gasteiger partial charge in [0.2, 0.25) is 0 Å². The van der Waals surface area contributed by atoms with Crippen molar-refractivity contribution in [3.8, 4) is 5.69 Å². The second-order valence-corrected chi connectivity index (χ2v) is 6.86. The summed E-state index contributed by atoms with van der Waals surface area (Å²) >= 11 is 5.93. The number of benzene rings is 1. The van der Waals surface area contributed by atoms with E-state index in [-0.39, 0.29) is 0 Å². The highest BCUT2D eigenvalue weighted by molar-refractivity contribution is 6.30. The number of rotatable bonds is 8. The first-order chi connectivity index (χ1) is 12.2. The van der Waals surface area contributed by atoms with Gasteiger partial charge < -0.3 is 5.32 Å². The molecule has 0 unspecified atom stereocenters. The zero-order valence-electron chi connectivity index (χ0n) is 15.2. The minimum absolute atomic E-state index is 0.397. The van der Waals surface area contributed by atoms with Gasteiger partial charge in [0.25, 0.3) is 0 Å². The Hall–Kier alpha value is -1.57. The maximum Gasteiger partial charge on any atom is 0.401 e. The molecular formula is C18H24ClF3N4. The van der Waals surface area contributed by atoms with Crippen LogP contribution >= 0.6 is 11.6 Å². The topological polar surface area (TPSA) is 33.1 Å². The van der Waals surface area contributed by atoms with Gasteiger partial charge in [0, 0.05) is 22.8 Å². The van der Waals surface area contributed by atoms with E-state index in [0.29, 0.717) is 31.1 Å². The fourth-order valence-electron chi connectivity index (χ4n) is 2.84. The van der Waals surface area contributed by atoms with Crippen LogP contribution in [-0.4, -0.2) is 47.5 Å². The predicted molar refractivity (Wildman–Crippen MR) is 97.9 cm³/mol. The highest BCUT2D eigenvalue weighted by Crippen LogP contribution is 2.19. The SMILES string of the molecule is Cc1nn(-c2ccc(Cl)cc2)c(C)c1CNCCCN(C)CC(F)(F)F. The molecule has 2 aromatic rings. The first-order valence-electron chi connectivity index (χ1n) is 8.44. The van der Waals surface area contributed by atoms with Crippen molar-refractivity contribution in [3.63, 3.8) is 0 Å². The van der Waals surface area contributed by atoms with Crippen LogP contribution in [0.25, 0.3) is 5.69 Å². The van der Waals surface area contributed by atoms with Crippen molar-refractivity contribution >= 4 is 11.6 Å². The molecule has 4 nitrogen and oxygen atoms in total. The van der Waals surface area contributed by atoms with E-state index in [1.165, 1.54) is 11.9 Å². The Bertz CT molecular complexity index is 710. The molecule has 2 rings (SSSR count). The first-order valence-corrected chi connectivity index (χ1v) is 8.82. The van der Waals surface area contributed by atoms with Gasteiger partial charge in [0.15, 0.2) is 0 Å². The van der Waals surface area contributed by atoms with E-state index in [2.05, 4.69) is 10.4 Å². The van der Waals surface area contributed by atoms with Gasteiger partial charge in [-0.2, -0.15) is 18.3 Å². The summed E-state index contributed by atoms with van der Waals surface area (Å²) in [6, 6.07) is 7.47. The van der Waals surface area contributed by atoms with Crippen molar-refractivity contribution in [2.75, 3.05) is 26.7 Å². The number of nitrogens with one attached hydrogen (secondary N) is 1. The Kier molecular flexibility index (Phi) is 7.08. The van der Waals surface area contributed by atoms with Crippen molar-refractivity contribution < 1.29 is 13.2 Å². The largest absolute Gasteiger partial charge is 0.401 e. The monoisotopic (exact) mass is 388 g/mol. The Morgan fingerprint density at radius 3 is 2.46 bits per heavy atom. The summed E-state index contributed by atoms with van der Waals surface area (Å²) in [7, 11) is 1.48. The number of aromatic nitrogens is 2. The number of nitrogens with zero attached hydrogens (tertiary/aromatic N) is 3. The zero-order valence-corrected chi connectivity index (χ0v) is 16.0. The van der Waals surface area contributed by atoms with Gasteiger partial charge in [0.1, 0.15) is 0 Å². The summed E-state index contributed by atoms with van der Waals surface area (Å²) in [4.78, 5) is 1.29. The summed E-state index contributed by atoms with van der Waals surface area (Å²) in [6.45, 7) is 4.76. The number of hydrogen-bond acceptors (Lipinski definition) is 3. The van der Waals surface area contributed by atoms with Gasteiger partial charge >= 0.3 is 6.18 Å². The van der Waals surface area contributed by atoms with E-state index in [1.807, 2.05) is 42.8 Å². The van der Waals surface area contributed by atoms with Crippen LogP contribution in [0.5, 0.6) is 0 Å². The molecule has 0 saturated carbocycles. The number of halogens is 4. The van der Waals surface area contributed by atoms with Crippen molar-refractivity contribution in [2.24, 2.45) is 0 Å². The van der Waals surface area contributed by atoms with Gasteiger partial charge in [-0.15, -0.1) is 0 Å². The fourth-order valence-corrected chi connectivity index (χ4v) is 2.96. The third-order valence-corrected chi connectivity index (χ3v) is 4.41. The molecule has 0 spiro atoms. The first kappa shape index (κ1) is 20.7. The average molecular weight is 389 g/mol. The number of hydrogen-bond donors (Lipinski definition) is 1. The third kappa shape index (κ3) is 6.00. The Morgan fingerprint density at radius 2 is 1.85 bits per heavy atom. The van der Waals surface area contributed by atoms with E-state index in [4.69, 9.17) is 11.6 Å². The summed E-state index contributed by atoms with van der Waals surface area (Å²) in [5.74, 6) is 0. The summed E-state index contributed by atoms with van der Waals surface area (Å²) in [5.41, 5.74) is 4.00. The zero-order chi connectivity index (χ0) is 19.3. The molecule has 0 saturated heterocycles. The molecule has 0 aliphatic rings. The van der Waals surface area contributed by atoms with Crippen LogP contribution in [0.15, 0.2) is 24.3 Å². The van der Waals surface area contributed by atoms with Crippen molar-refractivity contribution in [3.05, 3.63) is 46.2 Å². The third-order valence-electron chi connectivity index (χ3n) is 4.16. The van der Waals surface area contributed by atoms with Crippen LogP contribution in [0.2, 0.25) is 5.02 Å². The number of alkyl halides is 3. The van der Waals surface area contributed by atoms with Gasteiger partial charge in [-0.25, -0.2) is 4.68 Å². The fraction of sp³-hybridized carbons (Fsp3) is 0.500. The summed E-state index contributed by atoms with van der Waals surface area (Å²) in [6.07, 6.45) is -3.50. The predicted octanol–water partition coefficient (Wildman–Crippen LogP) is 4.12. The maximum absolute atomic E-state index is 12.3. The van der Waals surface area contributed by atoms with Crippen LogP contribution in [0.1, 0.15) is 23.4 Å². The molecule has 0 aliphatic heterocycles. The molecule has 144 valence electrons. The molecule has 1 heterocycles. The van der Waals surface area contributed by atoms with E-state index < -0.39 is 12.7 Å². The van der Waals surface area contributed by atoms with Crippen molar-refractivity contribution in [2.45, 2.75) is 33.0 Å². The second-order valence-electron chi connectivity index (χ2n) is 6.42. The van der Waals surface area contributed by atoms with Gasteiger partial charge in [-0.3, -0.25) is 4.90 Å². The molecule has 0 radical (unpaired) electrons. The van der Waals surface area contributed by atoms with Crippen molar-refractivity contribution in [1.82, 2.24) is 20.0 Å². The minimum Gasteiger partial charge on any atom is -0.312 e. The summed E-state index contributed by atoms with van der Waals surface area (Å²) < 4.78 is 38.7. The standard InChI is InChI=1S/C18H24ClF3N4/c1-13-17(11-23-9-4-10-25(3)12-18(20,21)22)14(2)26(24-13)16-7-5-15(19)6-8-16/h5-8,23H,4,9-12H2,1-3H3. The minimum atomic E-state index is -4.15. The molecule has 26 heavy (non-hydrogen) atoms. The van der Waals surface area contributed by atoms with Crippen LogP contribution in [-0.2, 0) is 6.54 Å². The van der Waals surface area contributed by atoms with Crippen molar-refractivity contribution in [1.29, 1.82) is 0 Å². The normalized spacial score (nSPS) is 12.2. The lowest BCUT2D eigenvalue weighted by Crippen LogP contribution is -2.33. The molecule has 0 amide bonds. The Labute approximate surface area is 156 Å². The molecule has 0 bridgehead atoms. The van der Waals surface area contributed by atoms with Gasteiger partial charge in [0.05, 0.1) is 17.9 Å². The van der Waals surface area contributed by atoms with Gasteiger partial charge in [-0.1, -0.05) is 11.6 Å². The molecule has 1 N–H and O–H groups in total. The smallest absolute Gasteiger partial charge is 0.312 e. The molecular weight excluding hydrogens is 365 g/mol. The molecule has 0 aliphatic carbocycles. The molecule has 1 aromatic carbocycles. The Balaban J connectivity index is 1.86. The van der Waals surface area contributed by atoms with Crippen LogP contribution in [0.3, 0.4) is 0 Å². The highest BCUT2D eigenvalue weighted by atomic mass is 35.5. The maximum atomic E-state index is 12.3. The quantitative estimate of drug-likeness (QED) is 0.691. The lowest BCUT2D eigenvalue weighted by Gasteiger charge is -2.18. The molecule has 1 aromatic heterocycles. The van der Waals surface area contributed by atoms with E-state index in [9.17, 15) is 13.2 Å². The lowest BCUT2D eigenvalue weighted by molar-refractivity contribution is -0.143. The summed E-state index contributed by atoms with van der Waals surface area (Å²) in [5, 5.41) is 8.54. The van der Waals surface area contributed by atoms with Crippen LogP contribution < -0.4 is 5.32 Å². The molecule has 0 atom stereocenters. The average Bonchev–Trinajstić information content (AvgIpc) is 2.81. The van der Waals surface area contributed by atoms with Gasteiger partial charge in [-0.05, 0) is 64.7 Å². The number of aryl methyl sites for hydroxylation is 1. The van der Waals surface area contributed by atoms with E-state index >= 15 is 0 Å².